The van der Waals surface area contributed by atoms with Crippen molar-refractivity contribution in [3.05, 3.63) is 222 Å². The summed E-state index contributed by atoms with van der Waals surface area (Å²) >= 11 is 1.82. The molecule has 0 fully saturated rings. The van der Waals surface area contributed by atoms with Crippen molar-refractivity contribution in [1.29, 1.82) is 0 Å². The van der Waals surface area contributed by atoms with Gasteiger partial charge < -0.3 is 9.47 Å². The van der Waals surface area contributed by atoms with Crippen LogP contribution in [-0.2, 0) is 5.41 Å². The maximum atomic E-state index is 2.50. The Bertz CT molecular complexity index is 2770. The summed E-state index contributed by atoms with van der Waals surface area (Å²) < 4.78 is 2.50. The van der Waals surface area contributed by atoms with Gasteiger partial charge in [0.15, 0.2) is 0 Å². The van der Waals surface area contributed by atoms with E-state index >= 15 is 0 Å². The van der Waals surface area contributed by atoms with Crippen molar-refractivity contribution < 1.29 is 0 Å². The van der Waals surface area contributed by atoms with Crippen LogP contribution in [0.3, 0.4) is 0 Å². The molecular weight excluding hydrogens is 661 g/mol. The van der Waals surface area contributed by atoms with Crippen molar-refractivity contribution in [3.8, 4) is 16.8 Å². The molecule has 0 bridgehead atoms. The summed E-state index contributed by atoms with van der Waals surface area (Å²) in [6.07, 6.45) is 2.20. The molecule has 252 valence electrons. The predicted octanol–water partition coefficient (Wildman–Crippen LogP) is 13.3. The van der Waals surface area contributed by atoms with Crippen molar-refractivity contribution in [3.63, 3.8) is 0 Å². The Morgan fingerprint density at radius 1 is 0.453 bits per heavy atom. The number of aromatic nitrogens is 1. The normalized spacial score (nSPS) is 14.7. The van der Waals surface area contributed by atoms with Crippen LogP contribution in [0.15, 0.2) is 205 Å². The van der Waals surface area contributed by atoms with Crippen LogP contribution in [0.5, 0.6) is 0 Å². The van der Waals surface area contributed by atoms with Crippen molar-refractivity contribution >= 4 is 50.6 Å². The number of benzene rings is 8. The van der Waals surface area contributed by atoms with E-state index < -0.39 is 5.41 Å². The third-order valence-corrected chi connectivity index (χ3v) is 11.7. The molecule has 2 nitrogen and oxygen atoms in total. The Balaban J connectivity index is 1.27. The fraction of sp³-hybridized carbons (Fsp3) is 0.0400. The second-order valence-electron chi connectivity index (χ2n) is 13.7. The molecule has 1 unspecified atom stereocenters. The van der Waals surface area contributed by atoms with Gasteiger partial charge in [0.25, 0.3) is 0 Å². The van der Waals surface area contributed by atoms with Gasteiger partial charge in [-0.1, -0.05) is 146 Å². The molecule has 8 aromatic carbocycles. The minimum absolute atomic E-state index is 0.602. The Morgan fingerprint density at radius 2 is 1.04 bits per heavy atom. The standard InChI is InChI=1S/C50H36N2S/c1-53-48-29-13-10-25-44(48)50(43-24-9-12-28-47(43)52-46-27-11-8-22-41(46)42-23-15-26-45(50)49(42)52)37-18-14-21-40(34-37)51(38-19-6-3-7-20-38)39-32-30-36(31-33-39)35-16-4-2-5-17-35/h2-34H,1H3. The lowest BCUT2D eigenvalue weighted by atomic mass is 9.63. The first-order chi connectivity index (χ1) is 26.3. The highest BCUT2D eigenvalue weighted by molar-refractivity contribution is 7.98. The van der Waals surface area contributed by atoms with Crippen LogP contribution in [0, 0.1) is 0 Å². The van der Waals surface area contributed by atoms with Crippen LogP contribution in [0.2, 0.25) is 0 Å². The first-order valence-corrected chi connectivity index (χ1v) is 19.4. The molecule has 53 heavy (non-hydrogen) atoms. The summed E-state index contributed by atoms with van der Waals surface area (Å²) in [5, 5.41) is 2.55. The van der Waals surface area contributed by atoms with Crippen LogP contribution in [0.1, 0.15) is 22.3 Å². The van der Waals surface area contributed by atoms with Crippen molar-refractivity contribution in [2.75, 3.05) is 11.2 Å². The van der Waals surface area contributed by atoms with Crippen molar-refractivity contribution in [2.24, 2.45) is 0 Å². The highest BCUT2D eigenvalue weighted by atomic mass is 32.2. The average molecular weight is 697 g/mol. The fourth-order valence-corrected chi connectivity index (χ4v) is 9.41. The van der Waals surface area contributed by atoms with Gasteiger partial charge in [-0.2, -0.15) is 0 Å². The molecule has 0 radical (unpaired) electrons. The molecule has 1 aromatic heterocycles. The number of rotatable bonds is 7. The Morgan fingerprint density at radius 3 is 1.85 bits per heavy atom. The van der Waals surface area contributed by atoms with E-state index in [2.05, 4.69) is 216 Å². The van der Waals surface area contributed by atoms with Gasteiger partial charge in [-0.3, -0.25) is 0 Å². The van der Waals surface area contributed by atoms with E-state index in [1.54, 1.807) is 0 Å². The molecule has 0 amide bonds. The van der Waals surface area contributed by atoms with Crippen molar-refractivity contribution in [2.45, 2.75) is 10.3 Å². The quantitative estimate of drug-likeness (QED) is 0.153. The van der Waals surface area contributed by atoms with E-state index in [0.717, 1.165) is 17.1 Å². The zero-order valence-electron chi connectivity index (χ0n) is 29.4. The lowest BCUT2D eigenvalue weighted by Gasteiger charge is -2.43. The summed E-state index contributed by atoms with van der Waals surface area (Å²) in [5.41, 5.74) is 14.0. The Hall–Kier alpha value is -6.29. The predicted molar refractivity (Wildman–Crippen MR) is 225 cm³/mol. The van der Waals surface area contributed by atoms with Crippen molar-refractivity contribution in [1.82, 2.24) is 4.57 Å². The molecular formula is C50H36N2S. The van der Waals surface area contributed by atoms with Gasteiger partial charge in [-0.25, -0.2) is 0 Å². The lowest BCUT2D eigenvalue weighted by Crippen LogP contribution is -2.36. The van der Waals surface area contributed by atoms with Crippen LogP contribution >= 0.6 is 11.8 Å². The van der Waals surface area contributed by atoms with Crippen LogP contribution in [0.25, 0.3) is 38.6 Å². The summed E-state index contributed by atoms with van der Waals surface area (Å²) in [6, 6.07) is 73.4. The molecule has 0 saturated heterocycles. The smallest absolute Gasteiger partial charge is 0.0754 e. The van der Waals surface area contributed by atoms with E-state index in [0.29, 0.717) is 0 Å². The first-order valence-electron chi connectivity index (χ1n) is 18.1. The molecule has 0 spiro atoms. The lowest BCUT2D eigenvalue weighted by molar-refractivity contribution is 0.712. The maximum Gasteiger partial charge on any atom is 0.0754 e. The van der Waals surface area contributed by atoms with E-state index in [1.165, 1.54) is 65.8 Å². The van der Waals surface area contributed by atoms with Crippen LogP contribution in [-0.4, -0.2) is 10.8 Å². The highest BCUT2D eigenvalue weighted by Crippen LogP contribution is 2.56. The monoisotopic (exact) mass is 696 g/mol. The molecule has 0 N–H and O–H groups in total. The second-order valence-corrected chi connectivity index (χ2v) is 14.5. The van der Waals surface area contributed by atoms with Gasteiger partial charge in [0.2, 0.25) is 0 Å². The minimum atomic E-state index is -0.602. The van der Waals surface area contributed by atoms with Gasteiger partial charge in [0.05, 0.1) is 22.1 Å². The number of hydrogen-bond acceptors (Lipinski definition) is 2. The Kier molecular flexibility index (Phi) is 7.56. The number of thioether (sulfide) groups is 1. The van der Waals surface area contributed by atoms with E-state index in [-0.39, 0.29) is 0 Å². The molecule has 1 atom stereocenters. The van der Waals surface area contributed by atoms with Gasteiger partial charge >= 0.3 is 0 Å². The molecule has 1 aliphatic rings. The molecule has 0 saturated carbocycles. The summed E-state index contributed by atoms with van der Waals surface area (Å²) in [5.74, 6) is 0. The van der Waals surface area contributed by atoms with E-state index in [4.69, 9.17) is 0 Å². The molecule has 1 aliphatic heterocycles. The largest absolute Gasteiger partial charge is 0.310 e. The van der Waals surface area contributed by atoms with Gasteiger partial charge in [-0.15, -0.1) is 11.8 Å². The minimum Gasteiger partial charge on any atom is -0.310 e. The van der Waals surface area contributed by atoms with Gasteiger partial charge in [-0.05, 0) is 94.2 Å². The molecule has 10 rings (SSSR count). The van der Waals surface area contributed by atoms with E-state index in [1.807, 2.05) is 11.8 Å². The molecule has 0 aliphatic carbocycles. The Labute approximate surface area is 314 Å². The van der Waals surface area contributed by atoms with Crippen LogP contribution < -0.4 is 4.90 Å². The number of para-hydroxylation sites is 4. The molecule has 9 aromatic rings. The van der Waals surface area contributed by atoms with Gasteiger partial charge in [0, 0.05) is 32.7 Å². The summed E-state index contributed by atoms with van der Waals surface area (Å²) in [4.78, 5) is 3.66. The van der Waals surface area contributed by atoms with E-state index in [9.17, 15) is 0 Å². The third kappa shape index (κ3) is 4.81. The van der Waals surface area contributed by atoms with Crippen LogP contribution in [0.4, 0.5) is 17.1 Å². The molecule has 3 heteroatoms. The number of nitrogens with zero attached hydrogens (tertiary/aromatic N) is 2. The second kappa shape index (κ2) is 12.7. The third-order valence-electron chi connectivity index (χ3n) is 10.9. The summed E-state index contributed by atoms with van der Waals surface area (Å²) in [6.45, 7) is 0. The maximum absolute atomic E-state index is 2.50. The fourth-order valence-electron chi connectivity index (χ4n) is 8.75. The SMILES string of the molecule is CSc1ccccc1C1(c2cccc(N(c3ccccc3)c3ccc(-c4ccccc4)cc3)c2)c2ccccc2-n2c3ccccc3c3cccc1c32. The molecule has 2 heterocycles. The zero-order valence-corrected chi connectivity index (χ0v) is 30.2. The number of fused-ring (bicyclic) bond motifs is 5. The number of anilines is 3. The zero-order chi connectivity index (χ0) is 35.4. The first kappa shape index (κ1) is 31.4. The highest BCUT2D eigenvalue weighted by Gasteiger charge is 2.46. The average Bonchev–Trinajstić information content (AvgIpc) is 3.58. The topological polar surface area (TPSA) is 8.17 Å². The summed E-state index contributed by atoms with van der Waals surface area (Å²) in [7, 11) is 0. The number of hydrogen-bond donors (Lipinski definition) is 0. The van der Waals surface area contributed by atoms with Gasteiger partial charge in [0.1, 0.15) is 0 Å².